The molecule has 0 aliphatic heterocycles. The number of ketones is 2. The van der Waals surface area contributed by atoms with Crippen LogP contribution in [0.15, 0.2) is 0 Å². The normalized spacial score (nSPS) is 50.8. The second-order valence-electron chi connectivity index (χ2n) is 10.1. The molecule has 4 aliphatic rings. The van der Waals surface area contributed by atoms with Crippen LogP contribution in [-0.2, 0) is 9.59 Å². The minimum Gasteiger partial charge on any atom is -0.393 e. The Kier molecular flexibility index (Phi) is 4.18. The molecule has 25 heavy (non-hydrogen) atoms. The van der Waals surface area contributed by atoms with E-state index in [1.54, 1.807) is 0 Å². The molecule has 4 aliphatic carbocycles. The first-order valence-electron chi connectivity index (χ1n) is 10.5. The summed E-state index contributed by atoms with van der Waals surface area (Å²) in [4.78, 5) is 25.0. The van der Waals surface area contributed by atoms with Crippen molar-refractivity contribution < 1.29 is 14.7 Å². The maximum absolute atomic E-state index is 13.0. The quantitative estimate of drug-likeness (QED) is 0.816. The van der Waals surface area contributed by atoms with E-state index in [2.05, 4.69) is 20.8 Å². The summed E-state index contributed by atoms with van der Waals surface area (Å²) in [5, 5.41) is 10.6. The minimum absolute atomic E-state index is 0.0159. The van der Waals surface area contributed by atoms with Crippen LogP contribution in [0.2, 0.25) is 0 Å². The van der Waals surface area contributed by atoms with E-state index in [1.807, 2.05) is 0 Å². The zero-order valence-corrected chi connectivity index (χ0v) is 16.1. The standard InChI is InChI=1S/C22H34O3/c1-4-19(24)17-6-5-15-14-12-20(25)18-11-13(23)7-9-22(18,3)16(14)8-10-21(15,17)2/h14-19,24H,4-12H2,1-3H3/t14-,15-,16-,17+,18+,19?,21-,22+/m0/s1. The zero-order chi connectivity index (χ0) is 18.0. The Balaban J connectivity index is 1.65. The van der Waals surface area contributed by atoms with E-state index < -0.39 is 0 Å². The van der Waals surface area contributed by atoms with Crippen LogP contribution in [0.5, 0.6) is 0 Å². The molecule has 4 fully saturated rings. The number of Topliss-reactive ketones (excluding diaryl/α,β-unsaturated/α-hetero) is 2. The maximum atomic E-state index is 13.0. The Labute approximate surface area is 151 Å². The zero-order valence-electron chi connectivity index (χ0n) is 16.1. The molecule has 1 N–H and O–H groups in total. The molecule has 0 aromatic heterocycles. The van der Waals surface area contributed by atoms with Gasteiger partial charge in [-0.15, -0.1) is 0 Å². The van der Waals surface area contributed by atoms with Gasteiger partial charge in [0.2, 0.25) is 0 Å². The SMILES string of the molecule is CCC(O)[C@H]1CC[C@H]2[C@@H]3CC(=O)[C@H]4CC(=O)CC[C@]4(C)[C@H]3CC[C@]12C. The van der Waals surface area contributed by atoms with Gasteiger partial charge < -0.3 is 5.11 Å². The molecular weight excluding hydrogens is 312 g/mol. The molecule has 0 aromatic carbocycles. The molecule has 3 heteroatoms. The van der Waals surface area contributed by atoms with Gasteiger partial charge in [-0.05, 0) is 73.0 Å². The molecule has 3 nitrogen and oxygen atoms in total. The largest absolute Gasteiger partial charge is 0.393 e. The van der Waals surface area contributed by atoms with Crippen LogP contribution >= 0.6 is 0 Å². The van der Waals surface area contributed by atoms with Crippen molar-refractivity contribution in [1.82, 2.24) is 0 Å². The van der Waals surface area contributed by atoms with Gasteiger partial charge in [0, 0.05) is 25.2 Å². The van der Waals surface area contributed by atoms with Crippen molar-refractivity contribution in [2.75, 3.05) is 0 Å². The van der Waals surface area contributed by atoms with E-state index in [0.29, 0.717) is 54.5 Å². The summed E-state index contributed by atoms with van der Waals surface area (Å²) in [6, 6.07) is 0. The maximum Gasteiger partial charge on any atom is 0.137 e. The average Bonchev–Trinajstić information content (AvgIpc) is 2.93. The predicted octanol–water partition coefficient (Wildman–Crippen LogP) is 4.16. The average molecular weight is 347 g/mol. The molecule has 4 rings (SSSR count). The second-order valence-corrected chi connectivity index (χ2v) is 10.1. The summed E-state index contributed by atoms with van der Waals surface area (Å²) < 4.78 is 0. The molecule has 0 spiro atoms. The highest BCUT2D eigenvalue weighted by molar-refractivity contribution is 5.90. The van der Waals surface area contributed by atoms with Crippen LogP contribution in [0.3, 0.4) is 0 Å². The lowest BCUT2D eigenvalue weighted by Gasteiger charge is -2.59. The summed E-state index contributed by atoms with van der Waals surface area (Å²) in [6.07, 6.45) is 8.06. The van der Waals surface area contributed by atoms with Gasteiger partial charge in [-0.25, -0.2) is 0 Å². The summed E-state index contributed by atoms with van der Waals surface area (Å²) >= 11 is 0. The van der Waals surface area contributed by atoms with Crippen molar-refractivity contribution in [1.29, 1.82) is 0 Å². The molecule has 0 saturated heterocycles. The van der Waals surface area contributed by atoms with E-state index in [9.17, 15) is 14.7 Å². The van der Waals surface area contributed by atoms with E-state index in [1.165, 1.54) is 19.3 Å². The lowest BCUT2D eigenvalue weighted by atomic mass is 9.44. The van der Waals surface area contributed by atoms with E-state index in [4.69, 9.17) is 0 Å². The van der Waals surface area contributed by atoms with Crippen LogP contribution in [0.4, 0.5) is 0 Å². The van der Waals surface area contributed by atoms with Gasteiger partial charge in [0.05, 0.1) is 6.10 Å². The highest BCUT2D eigenvalue weighted by Gasteiger charge is 2.62. The summed E-state index contributed by atoms with van der Waals surface area (Å²) in [5.74, 6) is 2.70. The fraction of sp³-hybridized carbons (Fsp3) is 0.909. The first kappa shape index (κ1) is 17.7. The first-order valence-corrected chi connectivity index (χ1v) is 10.5. The molecule has 1 unspecified atom stereocenters. The molecule has 4 saturated carbocycles. The van der Waals surface area contributed by atoms with Gasteiger partial charge in [-0.1, -0.05) is 20.8 Å². The van der Waals surface area contributed by atoms with Gasteiger partial charge in [0.1, 0.15) is 11.6 Å². The lowest BCUT2D eigenvalue weighted by Crippen LogP contribution is -2.57. The van der Waals surface area contributed by atoms with Gasteiger partial charge in [0.15, 0.2) is 0 Å². The number of hydrogen-bond donors (Lipinski definition) is 1. The van der Waals surface area contributed by atoms with Gasteiger partial charge >= 0.3 is 0 Å². The fourth-order valence-corrected chi connectivity index (χ4v) is 7.79. The Morgan fingerprint density at radius 3 is 2.48 bits per heavy atom. The van der Waals surface area contributed by atoms with Gasteiger partial charge in [0.25, 0.3) is 0 Å². The van der Waals surface area contributed by atoms with Crippen molar-refractivity contribution in [2.24, 2.45) is 40.4 Å². The van der Waals surface area contributed by atoms with Crippen LogP contribution in [0.25, 0.3) is 0 Å². The molecule has 0 amide bonds. The lowest BCUT2D eigenvalue weighted by molar-refractivity contribution is -0.159. The van der Waals surface area contributed by atoms with Crippen LogP contribution in [0, 0.1) is 40.4 Å². The first-order chi connectivity index (χ1) is 11.8. The number of aliphatic hydroxyl groups excluding tert-OH is 1. The third-order valence-corrected chi connectivity index (χ3v) is 9.24. The number of aliphatic hydroxyl groups is 1. The van der Waals surface area contributed by atoms with E-state index in [-0.39, 0.29) is 22.9 Å². The van der Waals surface area contributed by atoms with Crippen molar-refractivity contribution in [3.8, 4) is 0 Å². The van der Waals surface area contributed by atoms with Crippen LogP contribution in [0.1, 0.15) is 78.6 Å². The third kappa shape index (κ3) is 2.40. The number of carbonyl (C=O) groups excluding carboxylic acids is 2. The number of hydrogen-bond acceptors (Lipinski definition) is 3. The topological polar surface area (TPSA) is 54.4 Å². The van der Waals surface area contributed by atoms with Gasteiger partial charge in [-0.3, -0.25) is 9.59 Å². The second kappa shape index (κ2) is 5.90. The number of fused-ring (bicyclic) bond motifs is 5. The molecule has 8 atom stereocenters. The third-order valence-electron chi connectivity index (χ3n) is 9.24. The van der Waals surface area contributed by atoms with Crippen molar-refractivity contribution in [2.45, 2.75) is 84.7 Å². The van der Waals surface area contributed by atoms with E-state index in [0.717, 1.165) is 19.3 Å². The smallest absolute Gasteiger partial charge is 0.137 e. The molecule has 0 radical (unpaired) electrons. The van der Waals surface area contributed by atoms with E-state index >= 15 is 0 Å². The molecule has 0 aromatic rings. The Bertz CT molecular complexity index is 584. The summed E-state index contributed by atoms with van der Waals surface area (Å²) in [5.41, 5.74) is 0.237. The predicted molar refractivity (Wildman–Crippen MR) is 96.9 cm³/mol. The van der Waals surface area contributed by atoms with Gasteiger partial charge in [-0.2, -0.15) is 0 Å². The Hall–Kier alpha value is -0.700. The van der Waals surface area contributed by atoms with Crippen molar-refractivity contribution in [3.05, 3.63) is 0 Å². The van der Waals surface area contributed by atoms with Crippen molar-refractivity contribution in [3.63, 3.8) is 0 Å². The highest BCUT2D eigenvalue weighted by atomic mass is 16.3. The van der Waals surface area contributed by atoms with Crippen LogP contribution < -0.4 is 0 Å². The summed E-state index contributed by atoms with van der Waals surface area (Å²) in [6.45, 7) is 6.80. The van der Waals surface area contributed by atoms with Crippen molar-refractivity contribution >= 4 is 11.6 Å². The molecule has 0 bridgehead atoms. The Morgan fingerprint density at radius 1 is 1.04 bits per heavy atom. The highest BCUT2D eigenvalue weighted by Crippen LogP contribution is 2.67. The number of carbonyl (C=O) groups is 2. The summed E-state index contributed by atoms with van der Waals surface area (Å²) in [7, 11) is 0. The fourth-order valence-electron chi connectivity index (χ4n) is 7.79. The molecule has 0 heterocycles. The minimum atomic E-state index is -0.193. The monoisotopic (exact) mass is 346 g/mol. The number of rotatable bonds is 2. The Morgan fingerprint density at radius 2 is 1.76 bits per heavy atom. The molecular formula is C22H34O3. The van der Waals surface area contributed by atoms with Crippen LogP contribution in [-0.4, -0.2) is 22.8 Å². The molecule has 140 valence electrons.